The van der Waals surface area contributed by atoms with Crippen molar-refractivity contribution in [1.29, 1.82) is 0 Å². The van der Waals surface area contributed by atoms with E-state index >= 15 is 0 Å². The number of alkyl halides is 2. The minimum atomic E-state index is -0.886. The van der Waals surface area contributed by atoms with Crippen LogP contribution < -0.4 is 5.32 Å². The standard InChI is InChI=1S/C15H15Cl2N3O/c1-10(19-14(21)13-8-15(13,16)17)11-3-2-4-12(7-11)20-6-5-18-9-20/h2-7,9-10,13H,8H2,1H3,(H,19,21)/t10-,13+/m0/s1. The van der Waals surface area contributed by atoms with Crippen molar-refractivity contribution < 1.29 is 4.79 Å². The van der Waals surface area contributed by atoms with Gasteiger partial charge in [-0.15, -0.1) is 23.2 Å². The van der Waals surface area contributed by atoms with Crippen LogP contribution in [0.1, 0.15) is 24.9 Å². The van der Waals surface area contributed by atoms with Gasteiger partial charge in [-0.05, 0) is 31.0 Å². The number of carbonyl (C=O) groups is 1. The van der Waals surface area contributed by atoms with Gasteiger partial charge in [0.2, 0.25) is 5.91 Å². The van der Waals surface area contributed by atoms with E-state index < -0.39 is 4.33 Å². The molecule has 1 N–H and O–H groups in total. The van der Waals surface area contributed by atoms with Gasteiger partial charge in [0.25, 0.3) is 0 Å². The average molecular weight is 324 g/mol. The number of aromatic nitrogens is 2. The largest absolute Gasteiger partial charge is 0.349 e. The molecule has 1 aromatic heterocycles. The predicted octanol–water partition coefficient (Wildman–Crippen LogP) is 3.24. The summed E-state index contributed by atoms with van der Waals surface area (Å²) >= 11 is 11.8. The maximum absolute atomic E-state index is 12.0. The Labute approximate surface area is 133 Å². The second kappa shape index (κ2) is 5.35. The van der Waals surface area contributed by atoms with E-state index in [1.807, 2.05) is 42.0 Å². The van der Waals surface area contributed by atoms with Gasteiger partial charge in [0.1, 0.15) is 4.33 Å². The Morgan fingerprint density at radius 1 is 1.52 bits per heavy atom. The van der Waals surface area contributed by atoms with Crippen LogP contribution in [0.3, 0.4) is 0 Å². The summed E-state index contributed by atoms with van der Waals surface area (Å²) in [5, 5.41) is 2.95. The lowest BCUT2D eigenvalue weighted by molar-refractivity contribution is -0.123. The fourth-order valence-electron chi connectivity index (χ4n) is 2.26. The van der Waals surface area contributed by atoms with E-state index in [2.05, 4.69) is 10.3 Å². The van der Waals surface area contributed by atoms with E-state index in [4.69, 9.17) is 23.2 Å². The molecular weight excluding hydrogens is 309 g/mol. The summed E-state index contributed by atoms with van der Waals surface area (Å²) in [7, 11) is 0. The van der Waals surface area contributed by atoms with Crippen molar-refractivity contribution in [1.82, 2.24) is 14.9 Å². The smallest absolute Gasteiger partial charge is 0.226 e. The van der Waals surface area contributed by atoms with Crippen LogP contribution in [-0.2, 0) is 4.79 Å². The van der Waals surface area contributed by atoms with Gasteiger partial charge in [0.05, 0.1) is 18.3 Å². The number of amides is 1. The number of hydrogen-bond donors (Lipinski definition) is 1. The Morgan fingerprint density at radius 3 is 2.90 bits per heavy atom. The highest BCUT2D eigenvalue weighted by Gasteiger charge is 2.56. The number of imidazole rings is 1. The monoisotopic (exact) mass is 323 g/mol. The highest BCUT2D eigenvalue weighted by Crippen LogP contribution is 2.53. The third-order valence-electron chi connectivity index (χ3n) is 3.67. The molecule has 21 heavy (non-hydrogen) atoms. The van der Waals surface area contributed by atoms with Crippen LogP contribution >= 0.6 is 23.2 Å². The van der Waals surface area contributed by atoms with Gasteiger partial charge in [-0.25, -0.2) is 4.98 Å². The summed E-state index contributed by atoms with van der Waals surface area (Å²) in [6.45, 7) is 1.94. The first-order valence-electron chi connectivity index (χ1n) is 6.74. The number of halogens is 2. The zero-order valence-electron chi connectivity index (χ0n) is 11.5. The molecule has 0 aliphatic heterocycles. The van der Waals surface area contributed by atoms with E-state index in [-0.39, 0.29) is 17.9 Å². The fourth-order valence-corrected chi connectivity index (χ4v) is 2.77. The first-order chi connectivity index (χ1) is 9.97. The third-order valence-corrected chi connectivity index (χ3v) is 4.51. The van der Waals surface area contributed by atoms with Crippen LogP contribution in [0.25, 0.3) is 5.69 Å². The van der Waals surface area contributed by atoms with E-state index in [1.165, 1.54) is 0 Å². The van der Waals surface area contributed by atoms with Gasteiger partial charge in [0, 0.05) is 18.1 Å². The molecule has 1 fully saturated rings. The normalized spacial score (nSPS) is 20.8. The Balaban J connectivity index is 1.72. The molecule has 6 heteroatoms. The summed E-state index contributed by atoms with van der Waals surface area (Å²) in [6, 6.07) is 7.84. The Hall–Kier alpha value is -1.52. The van der Waals surface area contributed by atoms with E-state index in [0.29, 0.717) is 6.42 Å². The van der Waals surface area contributed by atoms with Crippen LogP contribution in [-0.4, -0.2) is 19.8 Å². The lowest BCUT2D eigenvalue weighted by Crippen LogP contribution is -2.29. The van der Waals surface area contributed by atoms with Gasteiger partial charge in [-0.3, -0.25) is 4.79 Å². The maximum Gasteiger partial charge on any atom is 0.226 e. The molecule has 3 rings (SSSR count). The summed E-state index contributed by atoms with van der Waals surface area (Å²) in [4.78, 5) is 16.1. The molecule has 1 amide bonds. The topological polar surface area (TPSA) is 46.9 Å². The lowest BCUT2D eigenvalue weighted by atomic mass is 10.1. The fraction of sp³-hybridized carbons (Fsp3) is 0.333. The number of benzene rings is 1. The Bertz CT molecular complexity index is 655. The number of nitrogens with one attached hydrogen (secondary N) is 1. The van der Waals surface area contributed by atoms with E-state index in [9.17, 15) is 4.79 Å². The number of carbonyl (C=O) groups excluding carboxylic acids is 1. The first-order valence-corrected chi connectivity index (χ1v) is 7.49. The zero-order valence-corrected chi connectivity index (χ0v) is 13.0. The molecule has 1 heterocycles. The second-order valence-corrected chi connectivity index (χ2v) is 6.86. The molecule has 1 saturated carbocycles. The highest BCUT2D eigenvalue weighted by atomic mass is 35.5. The summed E-state index contributed by atoms with van der Waals surface area (Å²) < 4.78 is 1.03. The van der Waals surface area contributed by atoms with Crippen molar-refractivity contribution in [3.8, 4) is 5.69 Å². The molecule has 0 unspecified atom stereocenters. The van der Waals surface area contributed by atoms with Gasteiger partial charge in [-0.2, -0.15) is 0 Å². The number of hydrogen-bond acceptors (Lipinski definition) is 2. The average Bonchev–Trinajstić information content (AvgIpc) is 2.90. The van der Waals surface area contributed by atoms with Crippen LogP contribution in [0.2, 0.25) is 0 Å². The third kappa shape index (κ3) is 3.06. The minimum absolute atomic E-state index is 0.0967. The summed E-state index contributed by atoms with van der Waals surface area (Å²) in [5.74, 6) is -0.402. The quantitative estimate of drug-likeness (QED) is 0.878. The van der Waals surface area contributed by atoms with Crippen molar-refractivity contribution in [2.24, 2.45) is 5.92 Å². The molecule has 110 valence electrons. The number of nitrogens with zero attached hydrogens (tertiary/aromatic N) is 2. The molecule has 4 nitrogen and oxygen atoms in total. The molecule has 0 spiro atoms. The molecule has 2 atom stereocenters. The van der Waals surface area contributed by atoms with E-state index in [0.717, 1.165) is 11.3 Å². The molecule has 0 saturated heterocycles. The first kappa shape index (κ1) is 14.4. The molecule has 2 aromatic rings. The molecule has 0 bridgehead atoms. The summed E-state index contributed by atoms with van der Waals surface area (Å²) in [6.07, 6.45) is 5.86. The molecule has 1 aliphatic rings. The van der Waals surface area contributed by atoms with E-state index in [1.54, 1.807) is 12.5 Å². The van der Waals surface area contributed by atoms with Gasteiger partial charge < -0.3 is 9.88 Å². The molecule has 1 aliphatic carbocycles. The molecule has 1 aromatic carbocycles. The highest BCUT2D eigenvalue weighted by molar-refractivity contribution is 6.52. The van der Waals surface area contributed by atoms with Crippen LogP contribution in [0.4, 0.5) is 0 Å². The zero-order chi connectivity index (χ0) is 15.0. The number of rotatable bonds is 4. The van der Waals surface area contributed by atoms with Crippen molar-refractivity contribution >= 4 is 29.1 Å². The van der Waals surface area contributed by atoms with Crippen LogP contribution in [0.15, 0.2) is 43.0 Å². The SMILES string of the molecule is C[C@H](NC(=O)[C@H]1CC1(Cl)Cl)c1cccc(-n2ccnc2)c1. The van der Waals surface area contributed by atoms with Gasteiger partial charge >= 0.3 is 0 Å². The molecule has 0 radical (unpaired) electrons. The van der Waals surface area contributed by atoms with Gasteiger partial charge in [-0.1, -0.05) is 12.1 Å². The van der Waals surface area contributed by atoms with Crippen molar-refractivity contribution in [2.45, 2.75) is 23.7 Å². The lowest BCUT2D eigenvalue weighted by Gasteiger charge is -2.15. The van der Waals surface area contributed by atoms with Crippen LogP contribution in [0, 0.1) is 5.92 Å². The van der Waals surface area contributed by atoms with Crippen molar-refractivity contribution in [3.05, 3.63) is 48.5 Å². The van der Waals surface area contributed by atoms with Crippen LogP contribution in [0.5, 0.6) is 0 Å². The summed E-state index contributed by atoms with van der Waals surface area (Å²) in [5.41, 5.74) is 2.02. The van der Waals surface area contributed by atoms with Gasteiger partial charge in [0.15, 0.2) is 0 Å². The maximum atomic E-state index is 12.0. The van der Waals surface area contributed by atoms with Crippen molar-refractivity contribution in [3.63, 3.8) is 0 Å². The Kier molecular flexibility index (Phi) is 3.68. The Morgan fingerprint density at radius 2 is 2.29 bits per heavy atom. The molecular formula is C15H15Cl2N3O. The predicted molar refractivity (Wildman–Crippen MR) is 82.7 cm³/mol. The second-order valence-electron chi connectivity index (χ2n) is 5.31. The van der Waals surface area contributed by atoms with Crippen molar-refractivity contribution in [2.75, 3.05) is 0 Å². The minimum Gasteiger partial charge on any atom is -0.349 e.